The van der Waals surface area contributed by atoms with Gasteiger partial charge < -0.3 is 5.73 Å². The highest BCUT2D eigenvalue weighted by atomic mass is 32.2. The fourth-order valence-corrected chi connectivity index (χ4v) is 3.22. The summed E-state index contributed by atoms with van der Waals surface area (Å²) in [6.45, 7) is 3.83. The van der Waals surface area contributed by atoms with E-state index in [4.69, 9.17) is 5.73 Å². The summed E-state index contributed by atoms with van der Waals surface area (Å²) in [7, 11) is -3.79. The molecule has 1 aromatic heterocycles. The Bertz CT molecular complexity index is 727. The van der Waals surface area contributed by atoms with Crippen LogP contribution in [0.15, 0.2) is 41.6 Å². The van der Waals surface area contributed by atoms with Crippen LogP contribution in [0.25, 0.3) is 0 Å². The van der Waals surface area contributed by atoms with E-state index in [0.29, 0.717) is 5.69 Å². The van der Waals surface area contributed by atoms with Crippen LogP contribution in [0.5, 0.6) is 0 Å². The number of nitrogens with zero attached hydrogens (tertiary/aromatic N) is 1. The maximum atomic E-state index is 12.4. The standard InChI is InChI=1S/C14H17N3O2S/c1-3-11-7-4-6-10(2)13(11)17-20(18,19)14-12(15)8-5-9-16-14/h4-9,17H,3,15H2,1-2H3. The highest BCUT2D eigenvalue weighted by molar-refractivity contribution is 7.92. The third kappa shape index (κ3) is 2.75. The largest absolute Gasteiger partial charge is 0.396 e. The summed E-state index contributed by atoms with van der Waals surface area (Å²) in [6, 6.07) is 8.77. The number of aryl methyl sites for hydroxylation is 2. The van der Waals surface area contributed by atoms with Gasteiger partial charge in [0, 0.05) is 6.20 Å². The number of benzene rings is 1. The van der Waals surface area contributed by atoms with Crippen molar-refractivity contribution in [1.82, 2.24) is 4.98 Å². The number of nitrogen functional groups attached to an aromatic ring is 1. The van der Waals surface area contributed by atoms with Crippen molar-refractivity contribution in [2.24, 2.45) is 0 Å². The minimum atomic E-state index is -3.79. The number of nitrogens with two attached hydrogens (primary N) is 1. The Morgan fingerprint density at radius 1 is 1.25 bits per heavy atom. The van der Waals surface area contributed by atoms with Gasteiger partial charge in [-0.25, -0.2) is 4.98 Å². The van der Waals surface area contributed by atoms with Gasteiger partial charge in [-0.1, -0.05) is 25.1 Å². The van der Waals surface area contributed by atoms with Crippen molar-refractivity contribution < 1.29 is 8.42 Å². The van der Waals surface area contributed by atoms with Gasteiger partial charge in [0.05, 0.1) is 11.4 Å². The molecule has 0 spiro atoms. The first-order valence-corrected chi connectivity index (χ1v) is 7.76. The normalized spacial score (nSPS) is 11.3. The highest BCUT2D eigenvalue weighted by Gasteiger charge is 2.20. The van der Waals surface area contributed by atoms with Gasteiger partial charge in [-0.05, 0) is 36.6 Å². The number of pyridine rings is 1. The molecule has 0 saturated heterocycles. The fourth-order valence-electron chi connectivity index (χ4n) is 1.98. The highest BCUT2D eigenvalue weighted by Crippen LogP contribution is 2.25. The summed E-state index contributed by atoms with van der Waals surface area (Å²) >= 11 is 0. The molecule has 0 aliphatic heterocycles. The summed E-state index contributed by atoms with van der Waals surface area (Å²) in [5.41, 5.74) is 8.21. The van der Waals surface area contributed by atoms with Crippen LogP contribution in [0.4, 0.5) is 11.4 Å². The molecule has 6 heteroatoms. The van der Waals surface area contributed by atoms with Gasteiger partial charge in [0.25, 0.3) is 10.0 Å². The van der Waals surface area contributed by atoms with Crippen molar-refractivity contribution in [3.05, 3.63) is 47.7 Å². The Labute approximate surface area is 118 Å². The molecule has 1 aromatic carbocycles. The summed E-state index contributed by atoms with van der Waals surface area (Å²) < 4.78 is 27.4. The number of para-hydroxylation sites is 1. The zero-order chi connectivity index (χ0) is 14.8. The monoisotopic (exact) mass is 291 g/mol. The first-order valence-electron chi connectivity index (χ1n) is 6.27. The van der Waals surface area contributed by atoms with Crippen molar-refractivity contribution in [1.29, 1.82) is 0 Å². The number of hydrogen-bond acceptors (Lipinski definition) is 4. The van der Waals surface area contributed by atoms with Gasteiger partial charge in [-0.3, -0.25) is 4.72 Å². The SMILES string of the molecule is CCc1cccc(C)c1NS(=O)(=O)c1ncccc1N. The molecule has 0 aliphatic carbocycles. The lowest BCUT2D eigenvalue weighted by molar-refractivity contribution is 0.598. The predicted molar refractivity (Wildman–Crippen MR) is 80.0 cm³/mol. The molecule has 0 amide bonds. The number of hydrogen-bond donors (Lipinski definition) is 2. The van der Waals surface area contributed by atoms with Gasteiger partial charge in [0.15, 0.2) is 5.03 Å². The quantitative estimate of drug-likeness (QED) is 0.905. The van der Waals surface area contributed by atoms with Gasteiger partial charge in [-0.2, -0.15) is 8.42 Å². The molecular formula is C14H17N3O2S. The summed E-state index contributed by atoms with van der Waals surface area (Å²) in [4.78, 5) is 3.86. The molecule has 0 bridgehead atoms. The van der Waals surface area contributed by atoms with Gasteiger partial charge >= 0.3 is 0 Å². The van der Waals surface area contributed by atoms with Crippen molar-refractivity contribution in [3.63, 3.8) is 0 Å². The Balaban J connectivity index is 2.47. The molecule has 0 radical (unpaired) electrons. The van der Waals surface area contributed by atoms with Crippen LogP contribution in [-0.4, -0.2) is 13.4 Å². The predicted octanol–water partition coefficient (Wildman–Crippen LogP) is 2.34. The zero-order valence-corrected chi connectivity index (χ0v) is 12.2. The molecule has 0 aliphatic rings. The molecule has 106 valence electrons. The number of rotatable bonds is 4. The van der Waals surface area contributed by atoms with Crippen molar-refractivity contribution in [2.45, 2.75) is 25.3 Å². The Kier molecular flexibility index (Phi) is 3.94. The average molecular weight is 291 g/mol. The van der Waals surface area contributed by atoms with Crippen LogP contribution in [0, 0.1) is 6.92 Å². The lowest BCUT2D eigenvalue weighted by atomic mass is 10.1. The number of aromatic nitrogens is 1. The van der Waals surface area contributed by atoms with E-state index in [1.807, 2.05) is 32.0 Å². The van der Waals surface area contributed by atoms with Gasteiger partial charge in [-0.15, -0.1) is 0 Å². The topological polar surface area (TPSA) is 85.1 Å². The molecular weight excluding hydrogens is 274 g/mol. The Morgan fingerprint density at radius 2 is 2.00 bits per heavy atom. The summed E-state index contributed by atoms with van der Waals surface area (Å²) in [5.74, 6) is 0. The second-order valence-corrected chi connectivity index (χ2v) is 6.06. The maximum absolute atomic E-state index is 12.4. The van der Waals surface area contributed by atoms with Crippen LogP contribution in [0.2, 0.25) is 0 Å². The average Bonchev–Trinajstić information content (AvgIpc) is 2.41. The second-order valence-electron chi connectivity index (χ2n) is 4.47. The third-order valence-corrected chi connectivity index (χ3v) is 4.35. The summed E-state index contributed by atoms with van der Waals surface area (Å²) in [6.07, 6.45) is 2.14. The van der Waals surface area contributed by atoms with Crippen LogP contribution in [-0.2, 0) is 16.4 Å². The second kappa shape index (κ2) is 5.50. The molecule has 3 N–H and O–H groups in total. The molecule has 20 heavy (non-hydrogen) atoms. The minimum absolute atomic E-state index is 0.131. The van der Waals surface area contributed by atoms with E-state index in [0.717, 1.165) is 17.5 Å². The zero-order valence-electron chi connectivity index (χ0n) is 11.4. The lowest BCUT2D eigenvalue weighted by Crippen LogP contribution is -2.18. The molecule has 0 saturated carbocycles. The number of nitrogens with one attached hydrogen (secondary N) is 1. The fraction of sp³-hybridized carbons (Fsp3) is 0.214. The van der Waals surface area contributed by atoms with E-state index in [-0.39, 0.29) is 10.7 Å². The van der Waals surface area contributed by atoms with Gasteiger partial charge in [0.1, 0.15) is 0 Å². The van der Waals surface area contributed by atoms with E-state index in [9.17, 15) is 8.42 Å². The van der Waals surface area contributed by atoms with Crippen molar-refractivity contribution in [2.75, 3.05) is 10.5 Å². The number of anilines is 2. The van der Waals surface area contributed by atoms with E-state index in [2.05, 4.69) is 9.71 Å². The van der Waals surface area contributed by atoms with Crippen LogP contribution in [0.1, 0.15) is 18.1 Å². The number of sulfonamides is 1. The maximum Gasteiger partial charge on any atom is 0.281 e. The summed E-state index contributed by atoms with van der Waals surface area (Å²) in [5, 5.41) is -0.148. The first-order chi connectivity index (χ1) is 9.45. The molecule has 5 nitrogen and oxygen atoms in total. The van der Waals surface area contributed by atoms with E-state index in [1.165, 1.54) is 12.3 Å². The molecule has 2 rings (SSSR count). The van der Waals surface area contributed by atoms with E-state index >= 15 is 0 Å². The molecule has 0 atom stereocenters. The van der Waals surface area contributed by atoms with Gasteiger partial charge in [0.2, 0.25) is 0 Å². The molecule has 1 heterocycles. The molecule has 2 aromatic rings. The third-order valence-electron chi connectivity index (χ3n) is 3.03. The Hall–Kier alpha value is -2.08. The minimum Gasteiger partial charge on any atom is -0.396 e. The van der Waals surface area contributed by atoms with Crippen LogP contribution < -0.4 is 10.5 Å². The van der Waals surface area contributed by atoms with Crippen LogP contribution >= 0.6 is 0 Å². The molecule has 0 fully saturated rings. The van der Waals surface area contributed by atoms with E-state index < -0.39 is 10.0 Å². The van der Waals surface area contributed by atoms with E-state index in [1.54, 1.807) is 6.07 Å². The lowest BCUT2D eigenvalue weighted by Gasteiger charge is -2.14. The van der Waals surface area contributed by atoms with Crippen molar-refractivity contribution >= 4 is 21.4 Å². The van der Waals surface area contributed by atoms with Crippen molar-refractivity contribution in [3.8, 4) is 0 Å². The van der Waals surface area contributed by atoms with Crippen LogP contribution in [0.3, 0.4) is 0 Å². The Morgan fingerprint density at radius 3 is 2.65 bits per heavy atom. The first kappa shape index (κ1) is 14.3. The molecule has 0 unspecified atom stereocenters. The smallest absolute Gasteiger partial charge is 0.281 e.